The Hall–Kier alpha value is -2.14. The average molecular weight is 312 g/mol. The van der Waals surface area contributed by atoms with Crippen molar-refractivity contribution in [2.45, 2.75) is 39.7 Å². The first-order valence-electron chi connectivity index (χ1n) is 8.16. The lowest BCUT2D eigenvalue weighted by Gasteiger charge is -2.14. The summed E-state index contributed by atoms with van der Waals surface area (Å²) in [6.07, 6.45) is 2.55. The van der Waals surface area contributed by atoms with Crippen molar-refractivity contribution in [2.75, 3.05) is 23.8 Å². The molecule has 2 N–H and O–H groups in total. The number of rotatable bonds is 5. The number of benzene rings is 1. The number of aryl methyl sites for hydroxylation is 3. The standard InChI is InChI=1S/C18H24N4O/c1-12-6-4-7-13(2)17(12)22-18-20-14(3)10-16(21-18)19-11-15-8-5-9-23-15/h4,6-7,10,15H,5,8-9,11H2,1-3H3,(H2,19,20,21,22). The molecule has 1 unspecified atom stereocenters. The van der Waals surface area contributed by atoms with Crippen LogP contribution in [0.25, 0.3) is 0 Å². The molecule has 1 aromatic heterocycles. The molecule has 3 rings (SSSR count). The van der Waals surface area contributed by atoms with E-state index in [9.17, 15) is 0 Å². The molecule has 0 radical (unpaired) electrons. The van der Waals surface area contributed by atoms with Gasteiger partial charge in [-0.3, -0.25) is 0 Å². The van der Waals surface area contributed by atoms with Gasteiger partial charge >= 0.3 is 0 Å². The molecule has 2 heterocycles. The zero-order chi connectivity index (χ0) is 16.2. The molecule has 1 fully saturated rings. The maximum atomic E-state index is 5.64. The third-order valence-corrected chi connectivity index (χ3v) is 4.11. The first-order chi connectivity index (χ1) is 11.1. The molecule has 1 atom stereocenters. The average Bonchev–Trinajstić information content (AvgIpc) is 3.02. The summed E-state index contributed by atoms with van der Waals surface area (Å²) in [5.41, 5.74) is 4.37. The highest BCUT2D eigenvalue weighted by Gasteiger charge is 2.15. The largest absolute Gasteiger partial charge is 0.376 e. The summed E-state index contributed by atoms with van der Waals surface area (Å²) in [6, 6.07) is 8.19. The molecular formula is C18H24N4O. The molecule has 1 saturated heterocycles. The third kappa shape index (κ3) is 3.99. The van der Waals surface area contributed by atoms with Crippen LogP contribution in [0.3, 0.4) is 0 Å². The Balaban J connectivity index is 1.74. The Morgan fingerprint density at radius 1 is 1.17 bits per heavy atom. The monoisotopic (exact) mass is 312 g/mol. The van der Waals surface area contributed by atoms with Gasteiger partial charge in [-0.25, -0.2) is 4.98 Å². The van der Waals surface area contributed by atoms with Crippen molar-refractivity contribution in [3.63, 3.8) is 0 Å². The number of anilines is 3. The Labute approximate surface area is 137 Å². The van der Waals surface area contributed by atoms with Crippen LogP contribution in [0.2, 0.25) is 0 Å². The van der Waals surface area contributed by atoms with Crippen molar-refractivity contribution >= 4 is 17.5 Å². The van der Waals surface area contributed by atoms with Crippen molar-refractivity contribution in [3.8, 4) is 0 Å². The summed E-state index contributed by atoms with van der Waals surface area (Å²) in [4.78, 5) is 9.08. The van der Waals surface area contributed by atoms with Crippen LogP contribution in [0.4, 0.5) is 17.5 Å². The van der Waals surface area contributed by atoms with E-state index >= 15 is 0 Å². The van der Waals surface area contributed by atoms with Crippen molar-refractivity contribution in [2.24, 2.45) is 0 Å². The van der Waals surface area contributed by atoms with Gasteiger partial charge in [0.15, 0.2) is 0 Å². The second-order valence-electron chi connectivity index (χ2n) is 6.13. The number of para-hydroxylation sites is 1. The molecule has 5 nitrogen and oxygen atoms in total. The van der Waals surface area contributed by atoms with Crippen molar-refractivity contribution in [1.82, 2.24) is 9.97 Å². The molecule has 1 aromatic carbocycles. The maximum Gasteiger partial charge on any atom is 0.229 e. The summed E-state index contributed by atoms with van der Waals surface area (Å²) < 4.78 is 5.64. The number of nitrogens with one attached hydrogen (secondary N) is 2. The molecule has 23 heavy (non-hydrogen) atoms. The van der Waals surface area contributed by atoms with Gasteiger partial charge < -0.3 is 15.4 Å². The molecule has 1 aliphatic heterocycles. The van der Waals surface area contributed by atoms with E-state index in [4.69, 9.17) is 4.74 Å². The van der Waals surface area contributed by atoms with E-state index < -0.39 is 0 Å². The van der Waals surface area contributed by atoms with Gasteiger partial charge in [0.05, 0.1) is 6.10 Å². The van der Waals surface area contributed by atoms with Crippen LogP contribution in [-0.4, -0.2) is 29.2 Å². The highest BCUT2D eigenvalue weighted by molar-refractivity contribution is 5.63. The fourth-order valence-corrected chi connectivity index (χ4v) is 2.86. The summed E-state index contributed by atoms with van der Waals surface area (Å²) in [6.45, 7) is 7.81. The molecule has 0 aliphatic carbocycles. The summed E-state index contributed by atoms with van der Waals surface area (Å²) in [5, 5.41) is 6.72. The highest BCUT2D eigenvalue weighted by atomic mass is 16.5. The maximum absolute atomic E-state index is 5.64. The predicted molar refractivity (Wildman–Crippen MR) is 93.4 cm³/mol. The van der Waals surface area contributed by atoms with Crippen LogP contribution < -0.4 is 10.6 Å². The SMILES string of the molecule is Cc1cc(NCC2CCCO2)nc(Nc2c(C)cccc2C)n1. The van der Waals surface area contributed by atoms with Crippen LogP contribution in [0.15, 0.2) is 24.3 Å². The van der Waals surface area contributed by atoms with Gasteiger partial charge in [-0.15, -0.1) is 0 Å². The van der Waals surface area contributed by atoms with Crippen molar-refractivity contribution in [3.05, 3.63) is 41.1 Å². The lowest BCUT2D eigenvalue weighted by molar-refractivity contribution is 0.120. The number of hydrogen-bond acceptors (Lipinski definition) is 5. The number of ether oxygens (including phenoxy) is 1. The Bertz CT molecular complexity index is 660. The second-order valence-corrected chi connectivity index (χ2v) is 6.13. The van der Waals surface area contributed by atoms with Gasteiger partial charge in [-0.2, -0.15) is 4.98 Å². The van der Waals surface area contributed by atoms with Crippen molar-refractivity contribution < 1.29 is 4.74 Å². The molecule has 0 amide bonds. The van der Waals surface area contributed by atoms with Crippen LogP contribution in [-0.2, 0) is 4.74 Å². The summed E-state index contributed by atoms with van der Waals surface area (Å²) in [7, 11) is 0. The van der Waals surface area contributed by atoms with Crippen LogP contribution in [0, 0.1) is 20.8 Å². The Morgan fingerprint density at radius 3 is 2.65 bits per heavy atom. The van der Waals surface area contributed by atoms with E-state index in [1.807, 2.05) is 13.0 Å². The second kappa shape index (κ2) is 6.96. The van der Waals surface area contributed by atoms with Gasteiger partial charge in [0.1, 0.15) is 5.82 Å². The molecule has 122 valence electrons. The predicted octanol–water partition coefficient (Wildman–Crippen LogP) is 3.74. The van der Waals surface area contributed by atoms with Gasteiger partial charge in [0.25, 0.3) is 0 Å². The van der Waals surface area contributed by atoms with Crippen LogP contribution in [0.1, 0.15) is 29.7 Å². The topological polar surface area (TPSA) is 59.1 Å². The third-order valence-electron chi connectivity index (χ3n) is 4.11. The summed E-state index contributed by atoms with van der Waals surface area (Å²) >= 11 is 0. The first-order valence-corrected chi connectivity index (χ1v) is 8.16. The van der Waals surface area contributed by atoms with E-state index in [0.29, 0.717) is 12.1 Å². The van der Waals surface area contributed by atoms with Crippen LogP contribution in [0.5, 0.6) is 0 Å². The lowest BCUT2D eigenvalue weighted by Crippen LogP contribution is -2.19. The van der Waals surface area contributed by atoms with Gasteiger partial charge in [-0.1, -0.05) is 18.2 Å². The minimum atomic E-state index is 0.292. The van der Waals surface area contributed by atoms with E-state index in [1.165, 1.54) is 11.1 Å². The van der Waals surface area contributed by atoms with E-state index in [-0.39, 0.29) is 0 Å². The molecule has 5 heteroatoms. The first kappa shape index (κ1) is 15.7. The Morgan fingerprint density at radius 2 is 1.96 bits per heavy atom. The molecule has 2 aromatic rings. The van der Waals surface area contributed by atoms with Gasteiger partial charge in [0.2, 0.25) is 5.95 Å². The molecule has 0 spiro atoms. The van der Waals surface area contributed by atoms with E-state index in [2.05, 4.69) is 52.6 Å². The van der Waals surface area contributed by atoms with Gasteiger partial charge in [0, 0.05) is 30.6 Å². The smallest absolute Gasteiger partial charge is 0.229 e. The van der Waals surface area contributed by atoms with Crippen LogP contribution >= 0.6 is 0 Å². The summed E-state index contributed by atoms with van der Waals surface area (Å²) in [5.74, 6) is 1.46. The lowest BCUT2D eigenvalue weighted by atomic mass is 10.1. The number of aromatic nitrogens is 2. The Kier molecular flexibility index (Phi) is 4.76. The van der Waals surface area contributed by atoms with Crippen molar-refractivity contribution in [1.29, 1.82) is 0 Å². The number of hydrogen-bond donors (Lipinski definition) is 2. The van der Waals surface area contributed by atoms with Gasteiger partial charge in [-0.05, 0) is 44.7 Å². The zero-order valence-electron chi connectivity index (χ0n) is 14.0. The van der Waals surface area contributed by atoms with E-state index in [1.54, 1.807) is 0 Å². The minimum Gasteiger partial charge on any atom is -0.376 e. The quantitative estimate of drug-likeness (QED) is 0.881. The highest BCUT2D eigenvalue weighted by Crippen LogP contribution is 2.23. The fraction of sp³-hybridized carbons (Fsp3) is 0.444. The fourth-order valence-electron chi connectivity index (χ4n) is 2.86. The molecular weight excluding hydrogens is 288 g/mol. The molecule has 1 aliphatic rings. The molecule has 0 saturated carbocycles. The zero-order valence-corrected chi connectivity index (χ0v) is 14.0. The normalized spacial score (nSPS) is 17.3. The minimum absolute atomic E-state index is 0.292. The molecule has 0 bridgehead atoms. The number of nitrogens with zero attached hydrogens (tertiary/aromatic N) is 2. The van der Waals surface area contributed by atoms with E-state index in [0.717, 1.165) is 43.2 Å².